The van der Waals surface area contributed by atoms with Gasteiger partial charge in [0.15, 0.2) is 0 Å². The predicted molar refractivity (Wildman–Crippen MR) is 463 cm³/mol. The van der Waals surface area contributed by atoms with E-state index in [1.807, 2.05) is 183 Å². The number of aliphatic hydroxyl groups is 1. The second-order valence-corrected chi connectivity index (χ2v) is 27.5. The predicted octanol–water partition coefficient (Wildman–Crippen LogP) is 24.6. The smallest absolute Gasteiger partial charge is 0.331 e. The van der Waals surface area contributed by atoms with Crippen LogP contribution in [0.15, 0.2) is 289 Å². The number of nitrogens with one attached hydrogen (secondary N) is 7. The van der Waals surface area contributed by atoms with Crippen molar-refractivity contribution in [1.82, 2.24) is 35.2 Å². The van der Waals surface area contributed by atoms with Gasteiger partial charge in [0, 0.05) is 142 Å². The Labute approximate surface area is 672 Å². The average Bonchev–Trinajstić information content (AvgIpc) is 1.68. The molecule has 0 spiro atoms. The van der Waals surface area contributed by atoms with E-state index in [4.69, 9.17) is 42.3 Å². The fourth-order valence-corrected chi connectivity index (χ4v) is 15.0. The van der Waals surface area contributed by atoms with E-state index >= 15 is 0 Å². The quantitative estimate of drug-likeness (QED) is 0.0239. The summed E-state index contributed by atoms with van der Waals surface area (Å²) in [5, 5.41) is 18.6. The molecule has 113 heavy (non-hydrogen) atoms. The molecule has 0 aliphatic carbocycles. The standard InChI is InChI=1S/C20H18N2O2.C20H16N2O2.C19H19N3.C18H16N2O.C9H5BrN2.C8H6BrN/c2*1-3-24-19(23)12-16(14-8-5-4-6-9-14)15-10-7-11-17-20(15)18(21-2)13-22-17;1-20-12-11-15(14-7-4-3-5-8-14)16-9-6-10-17-19(16)18(21-2)13-22-17;1-19-17-12-20-16-9-5-8-15(18(16)17)14(10-11-21)13-6-3-2-4-7-13;1-11-8-5-12-7-4-2-3-6(10)9(7)8;9-7-2-1-3-8-6(7)4-5-10-8/h4-11,13,16,22H,3,12H2,1H3;4-13,22H,3H2,1H3;3-10,13,15,20,22H,11-12H2,1H3;2-9,12,14,20-21H,10-11H2;2-5,12H;1-5,10H/b;16-12+;;;;. The van der Waals surface area contributed by atoms with Crippen LogP contribution in [0.1, 0.15) is 95.4 Å². The summed E-state index contributed by atoms with van der Waals surface area (Å²) in [5.74, 6) is -0.397. The summed E-state index contributed by atoms with van der Waals surface area (Å²) in [7, 11) is 1.98. The van der Waals surface area contributed by atoms with E-state index < -0.39 is 5.97 Å². The molecular weight excluding hydrogens is 1540 g/mol. The minimum atomic E-state index is -0.395. The molecule has 17 nitrogen and oxygen atoms in total. The molecule has 19 heteroatoms. The van der Waals surface area contributed by atoms with Gasteiger partial charge in [-0.05, 0) is 145 Å². The second-order valence-electron chi connectivity index (χ2n) is 25.8. The fraction of sp³-hybridized carbons (Fsp3) is 0.138. The molecule has 0 amide bonds. The number of hydrogen-bond donors (Lipinski definition) is 8. The lowest BCUT2D eigenvalue weighted by atomic mass is 9.86. The van der Waals surface area contributed by atoms with Gasteiger partial charge in [-0.1, -0.05) is 214 Å². The van der Waals surface area contributed by atoms with Gasteiger partial charge in [-0.25, -0.2) is 29.0 Å². The monoisotopic (exact) mass is 1610 g/mol. The lowest BCUT2D eigenvalue weighted by Gasteiger charge is -2.19. The van der Waals surface area contributed by atoms with E-state index in [1.165, 1.54) is 28.1 Å². The number of nitrogens with zero attached hydrogens (tertiary/aromatic N) is 5. The third-order valence-electron chi connectivity index (χ3n) is 19.0. The summed E-state index contributed by atoms with van der Waals surface area (Å²) in [6, 6.07) is 78.1. The molecule has 0 saturated carbocycles. The summed E-state index contributed by atoms with van der Waals surface area (Å²) in [4.78, 5) is 60.9. The molecule has 6 aromatic heterocycles. The van der Waals surface area contributed by atoms with Crippen LogP contribution in [0.2, 0.25) is 0 Å². The van der Waals surface area contributed by atoms with Gasteiger partial charge in [-0.2, -0.15) is 0 Å². The first kappa shape index (κ1) is 80.5. The maximum atomic E-state index is 12.1. The molecule has 6 heterocycles. The van der Waals surface area contributed by atoms with Crippen LogP contribution in [0.4, 0.5) is 28.4 Å². The van der Waals surface area contributed by atoms with Crippen LogP contribution < -0.4 is 5.32 Å². The van der Waals surface area contributed by atoms with Crippen LogP contribution in [0.3, 0.4) is 0 Å². The molecule has 10 aromatic carbocycles. The maximum absolute atomic E-state index is 12.1. The average molecular weight is 1620 g/mol. The van der Waals surface area contributed by atoms with Gasteiger partial charge in [0.25, 0.3) is 0 Å². The Balaban J connectivity index is 0.000000137. The number of halogens is 2. The fourth-order valence-electron chi connectivity index (χ4n) is 14.0. The molecule has 16 aromatic rings. The first-order valence-electron chi connectivity index (χ1n) is 36.6. The lowest BCUT2D eigenvalue weighted by molar-refractivity contribution is -0.143. The highest BCUT2D eigenvalue weighted by Gasteiger charge is 2.25. The van der Waals surface area contributed by atoms with Gasteiger partial charge < -0.3 is 49.8 Å². The lowest BCUT2D eigenvalue weighted by Crippen LogP contribution is -2.13. The third kappa shape index (κ3) is 19.5. The Bertz CT molecular complexity index is 6140. The third-order valence-corrected chi connectivity index (χ3v) is 20.4. The van der Waals surface area contributed by atoms with Crippen LogP contribution in [-0.4, -0.2) is 80.4 Å². The van der Waals surface area contributed by atoms with Gasteiger partial charge in [0.1, 0.15) is 0 Å². The zero-order valence-electron chi connectivity index (χ0n) is 62.3. The van der Waals surface area contributed by atoms with Crippen LogP contribution in [0.5, 0.6) is 0 Å². The second kappa shape index (κ2) is 40.2. The van der Waals surface area contributed by atoms with Crippen molar-refractivity contribution in [2.75, 3.05) is 33.4 Å². The van der Waals surface area contributed by atoms with E-state index in [9.17, 15) is 14.7 Å². The molecule has 8 N–H and O–H groups in total. The molecular formula is C94H80Br2N12O5. The zero-order chi connectivity index (χ0) is 79.4. The first-order chi connectivity index (χ1) is 55.4. The van der Waals surface area contributed by atoms with E-state index in [-0.39, 0.29) is 36.8 Å². The summed E-state index contributed by atoms with van der Waals surface area (Å²) >= 11 is 6.86. The zero-order valence-corrected chi connectivity index (χ0v) is 65.5. The van der Waals surface area contributed by atoms with Gasteiger partial charge in [0.2, 0.25) is 28.4 Å². The van der Waals surface area contributed by atoms with Crippen molar-refractivity contribution < 1.29 is 24.2 Å². The number of aromatic amines is 6. The number of aliphatic hydroxyl groups excluding tert-OH is 1. The molecule has 560 valence electrons. The summed E-state index contributed by atoms with van der Waals surface area (Å²) < 4.78 is 12.3. The minimum absolute atomic E-state index is 0.0937. The normalized spacial score (nSPS) is 11.5. The van der Waals surface area contributed by atoms with Crippen LogP contribution >= 0.6 is 31.9 Å². The summed E-state index contributed by atoms with van der Waals surface area (Å²) in [6.45, 7) is 41.8. The molecule has 0 radical (unpaired) electrons. The topological polar surface area (TPSA) is 201 Å². The number of aromatic nitrogens is 6. The van der Waals surface area contributed by atoms with Crippen molar-refractivity contribution in [3.8, 4) is 0 Å². The molecule has 0 saturated heterocycles. The van der Waals surface area contributed by atoms with Crippen LogP contribution in [0.25, 0.3) is 95.2 Å². The maximum Gasteiger partial charge on any atom is 0.331 e. The van der Waals surface area contributed by atoms with Gasteiger partial charge in [-0.3, -0.25) is 4.79 Å². The number of hydrogen-bond acceptors (Lipinski definition) is 6. The number of rotatable bonds is 18. The Morgan fingerprint density at radius 2 is 0.805 bits per heavy atom. The molecule has 0 fully saturated rings. The van der Waals surface area contributed by atoms with Gasteiger partial charge in [0.05, 0.1) is 52.5 Å². The number of benzene rings is 10. The van der Waals surface area contributed by atoms with Crippen molar-refractivity contribution in [3.05, 3.63) is 390 Å². The number of esters is 2. The number of carbonyl (C=O) groups excluding carboxylic acids is 2. The Morgan fingerprint density at radius 1 is 0.425 bits per heavy atom. The summed E-state index contributed by atoms with van der Waals surface area (Å²) in [5.41, 5.74) is 18.3. The largest absolute Gasteiger partial charge is 0.466 e. The highest BCUT2D eigenvalue weighted by atomic mass is 79.9. The molecule has 16 rings (SSSR count). The Kier molecular flexibility index (Phi) is 28.6. The van der Waals surface area contributed by atoms with E-state index in [2.05, 4.69) is 158 Å². The van der Waals surface area contributed by atoms with Crippen molar-refractivity contribution in [2.45, 2.75) is 50.9 Å². The van der Waals surface area contributed by atoms with E-state index in [0.717, 1.165) is 115 Å². The van der Waals surface area contributed by atoms with E-state index in [1.54, 1.807) is 44.8 Å². The number of carbonyl (C=O) groups is 2. The molecule has 0 aliphatic heterocycles. The number of ether oxygens (including phenoxy) is 2. The van der Waals surface area contributed by atoms with Gasteiger partial charge >= 0.3 is 11.9 Å². The van der Waals surface area contributed by atoms with Crippen molar-refractivity contribution in [2.24, 2.45) is 0 Å². The van der Waals surface area contributed by atoms with E-state index in [0.29, 0.717) is 48.1 Å². The van der Waals surface area contributed by atoms with Crippen molar-refractivity contribution in [1.29, 1.82) is 0 Å². The highest BCUT2D eigenvalue weighted by molar-refractivity contribution is 9.11. The van der Waals surface area contributed by atoms with Crippen LogP contribution in [0, 0.1) is 32.9 Å². The Morgan fingerprint density at radius 3 is 1.25 bits per heavy atom. The Hall–Kier alpha value is -13.6. The summed E-state index contributed by atoms with van der Waals surface area (Å²) in [6.07, 6.45) is 14.0. The highest BCUT2D eigenvalue weighted by Crippen LogP contribution is 2.43. The SMILES string of the molecule is Brc1cccc2[nH]ccc12.[C-]#[N+]c1c[nH]c2cccc(/C(=C/C(=O)OCC)c3ccccc3)c12.[C-]#[N+]c1c[nH]c2cccc(Br)c12.[C-]#[N+]c1c[nH]c2cccc(C(CC(=O)OCC)c3ccccc3)c12.[C-]#[N+]c1c[nH]c2cccc(C(CCNC)c3ccccc3)c12.[C-]#[N+]c1c[nH]c2cccc(C(CCO)c3ccccc3)c12. The molecule has 3 atom stereocenters. The van der Waals surface area contributed by atoms with Crippen molar-refractivity contribution >= 4 is 143 Å². The van der Waals surface area contributed by atoms with Crippen LogP contribution in [-0.2, 0) is 19.1 Å². The first-order valence-corrected chi connectivity index (χ1v) is 38.2. The number of H-pyrrole nitrogens is 6. The minimum Gasteiger partial charge on any atom is -0.466 e. The van der Waals surface area contributed by atoms with Gasteiger partial charge in [-0.15, -0.1) is 0 Å². The van der Waals surface area contributed by atoms with Crippen molar-refractivity contribution in [3.63, 3.8) is 0 Å². The molecule has 0 aliphatic rings. The molecule has 3 unspecified atom stereocenters. The molecule has 0 bridgehead atoms. The number of fused-ring (bicyclic) bond motifs is 6.